The lowest BCUT2D eigenvalue weighted by atomic mass is 10.1. The van der Waals surface area contributed by atoms with Crippen LogP contribution in [0.3, 0.4) is 0 Å². The van der Waals surface area contributed by atoms with Gasteiger partial charge in [-0.3, -0.25) is 0 Å². The average Bonchev–Trinajstić information content (AvgIpc) is 2.36. The molecule has 0 aliphatic rings. The predicted octanol–water partition coefficient (Wildman–Crippen LogP) is 1.64. The van der Waals surface area contributed by atoms with Crippen LogP contribution < -0.4 is 9.88 Å². The molecule has 0 radical (unpaired) electrons. The largest absolute Gasteiger partial charge is 0.494 e. The lowest BCUT2D eigenvalue weighted by molar-refractivity contribution is 0.282. The minimum atomic E-state index is -3.38. The molecule has 0 heterocycles. The Balaban J connectivity index is 2.32. The molecular formula is C13H18N2O3S. The second kappa shape index (κ2) is 7.12. The average molecular weight is 282 g/mol. The number of primary sulfonamides is 1. The van der Waals surface area contributed by atoms with E-state index >= 15 is 0 Å². The Bertz CT molecular complexity index is 549. The lowest BCUT2D eigenvalue weighted by Crippen LogP contribution is -2.18. The zero-order valence-electron chi connectivity index (χ0n) is 10.9. The Kier molecular flexibility index (Phi) is 5.80. The van der Waals surface area contributed by atoms with Crippen molar-refractivity contribution in [3.8, 4) is 11.8 Å². The first-order valence-corrected chi connectivity index (χ1v) is 7.75. The highest BCUT2D eigenvalue weighted by Gasteiger charge is 2.08. The molecule has 0 saturated carbocycles. The van der Waals surface area contributed by atoms with Crippen LogP contribution in [0.4, 0.5) is 0 Å². The zero-order valence-corrected chi connectivity index (χ0v) is 11.7. The number of nitrogens with two attached hydrogens (primary N) is 1. The minimum absolute atomic E-state index is 0.00190. The molecule has 0 aliphatic carbocycles. The summed E-state index contributed by atoms with van der Waals surface area (Å²) in [7, 11) is -3.38. The molecule has 2 N–H and O–H groups in total. The number of hydrogen-bond acceptors (Lipinski definition) is 4. The molecule has 0 aromatic heterocycles. The molecular weight excluding hydrogens is 264 g/mol. The van der Waals surface area contributed by atoms with Crippen LogP contribution >= 0.6 is 0 Å². The maximum atomic E-state index is 10.8. The van der Waals surface area contributed by atoms with Crippen LogP contribution in [0.5, 0.6) is 5.75 Å². The van der Waals surface area contributed by atoms with Crippen molar-refractivity contribution in [3.63, 3.8) is 0 Å². The Morgan fingerprint density at radius 3 is 2.79 bits per heavy atom. The first kappa shape index (κ1) is 15.5. The number of benzene rings is 1. The van der Waals surface area contributed by atoms with Crippen molar-refractivity contribution in [2.24, 2.45) is 11.1 Å². The maximum Gasteiger partial charge on any atom is 0.209 e. The van der Waals surface area contributed by atoms with Gasteiger partial charge in [0.1, 0.15) is 5.75 Å². The zero-order chi connectivity index (χ0) is 14.3. The van der Waals surface area contributed by atoms with E-state index in [9.17, 15) is 8.42 Å². The number of sulfonamides is 1. The number of hydrogen-bond donors (Lipinski definition) is 1. The van der Waals surface area contributed by atoms with Crippen molar-refractivity contribution >= 4 is 10.0 Å². The van der Waals surface area contributed by atoms with Crippen LogP contribution in [0.1, 0.15) is 25.3 Å². The van der Waals surface area contributed by atoms with E-state index in [2.05, 4.69) is 0 Å². The van der Waals surface area contributed by atoms with Crippen LogP contribution in [0.15, 0.2) is 24.3 Å². The molecule has 0 saturated heterocycles. The van der Waals surface area contributed by atoms with Crippen LogP contribution in [0, 0.1) is 17.2 Å². The highest BCUT2D eigenvalue weighted by atomic mass is 32.2. The molecule has 0 fully saturated rings. The van der Waals surface area contributed by atoms with E-state index in [-0.39, 0.29) is 11.7 Å². The third kappa shape index (κ3) is 6.79. The molecule has 0 amide bonds. The normalized spacial score (nSPS) is 12.7. The van der Waals surface area contributed by atoms with Crippen LogP contribution in [-0.2, 0) is 10.0 Å². The fraction of sp³-hybridized carbons (Fsp3) is 0.462. The van der Waals surface area contributed by atoms with Crippen molar-refractivity contribution in [1.82, 2.24) is 0 Å². The predicted molar refractivity (Wildman–Crippen MR) is 73.0 cm³/mol. The van der Waals surface area contributed by atoms with Crippen LogP contribution in [-0.4, -0.2) is 20.8 Å². The van der Waals surface area contributed by atoms with Gasteiger partial charge in [-0.15, -0.1) is 0 Å². The van der Waals surface area contributed by atoms with Gasteiger partial charge in [0, 0.05) is 0 Å². The Labute approximate surface area is 114 Å². The van der Waals surface area contributed by atoms with Gasteiger partial charge in [-0.2, -0.15) is 5.26 Å². The lowest BCUT2D eigenvalue weighted by Gasteiger charge is -2.11. The third-order valence-corrected chi connectivity index (χ3v) is 3.54. The van der Waals surface area contributed by atoms with Gasteiger partial charge in [0.15, 0.2) is 0 Å². The number of rotatable bonds is 7. The highest BCUT2D eigenvalue weighted by molar-refractivity contribution is 7.89. The van der Waals surface area contributed by atoms with Gasteiger partial charge >= 0.3 is 0 Å². The van der Waals surface area contributed by atoms with Crippen LogP contribution in [0.25, 0.3) is 0 Å². The summed E-state index contributed by atoms with van der Waals surface area (Å²) in [6, 6.07) is 8.98. The maximum absolute atomic E-state index is 10.8. The number of nitrogens with zero attached hydrogens (tertiary/aromatic N) is 1. The van der Waals surface area contributed by atoms with E-state index < -0.39 is 10.0 Å². The summed E-state index contributed by atoms with van der Waals surface area (Å²) in [5.74, 6) is 0.869. The molecule has 1 aromatic rings. The summed E-state index contributed by atoms with van der Waals surface area (Å²) in [5.41, 5.74) is 0.555. The van der Waals surface area contributed by atoms with Crippen molar-refractivity contribution in [1.29, 1.82) is 5.26 Å². The van der Waals surface area contributed by atoms with E-state index in [4.69, 9.17) is 15.1 Å². The van der Waals surface area contributed by atoms with Gasteiger partial charge in [0.2, 0.25) is 10.0 Å². The minimum Gasteiger partial charge on any atom is -0.494 e. The van der Waals surface area contributed by atoms with Crippen molar-refractivity contribution in [2.75, 3.05) is 12.4 Å². The van der Waals surface area contributed by atoms with Gasteiger partial charge in [-0.25, -0.2) is 13.6 Å². The second-order valence-corrected chi connectivity index (χ2v) is 6.27. The third-order valence-electron chi connectivity index (χ3n) is 2.74. The standard InChI is InChI=1S/C13H18N2O3S/c1-11(6-8-19(15,16)17)5-7-18-13-4-2-3-12(9-13)10-14/h2-4,9,11H,5-8H2,1H3,(H2,15,16,17). The second-order valence-electron chi connectivity index (χ2n) is 4.54. The molecule has 5 nitrogen and oxygen atoms in total. The monoisotopic (exact) mass is 282 g/mol. The Morgan fingerprint density at radius 1 is 1.42 bits per heavy atom. The highest BCUT2D eigenvalue weighted by Crippen LogP contribution is 2.14. The fourth-order valence-corrected chi connectivity index (χ4v) is 2.27. The molecule has 6 heteroatoms. The van der Waals surface area contributed by atoms with Gasteiger partial charge in [-0.05, 0) is 37.0 Å². The Morgan fingerprint density at radius 2 is 2.16 bits per heavy atom. The molecule has 104 valence electrons. The van der Waals surface area contributed by atoms with E-state index in [1.54, 1.807) is 24.3 Å². The smallest absolute Gasteiger partial charge is 0.209 e. The first-order chi connectivity index (χ1) is 8.90. The molecule has 1 rings (SSSR count). The van der Waals surface area contributed by atoms with Gasteiger partial charge in [0.25, 0.3) is 0 Å². The SMILES string of the molecule is CC(CCOc1cccc(C#N)c1)CCS(N)(=O)=O. The summed E-state index contributed by atoms with van der Waals surface area (Å²) >= 11 is 0. The summed E-state index contributed by atoms with van der Waals surface area (Å²) in [5, 5.41) is 13.7. The summed E-state index contributed by atoms with van der Waals surface area (Å²) in [6.45, 7) is 2.45. The molecule has 0 bridgehead atoms. The summed E-state index contributed by atoms with van der Waals surface area (Å²) < 4.78 is 27.2. The Hall–Kier alpha value is -1.58. The fourth-order valence-electron chi connectivity index (χ4n) is 1.54. The number of ether oxygens (including phenoxy) is 1. The molecule has 0 aliphatic heterocycles. The topological polar surface area (TPSA) is 93.2 Å². The quantitative estimate of drug-likeness (QED) is 0.822. The molecule has 0 spiro atoms. The number of nitriles is 1. The van der Waals surface area contributed by atoms with Crippen molar-refractivity contribution in [3.05, 3.63) is 29.8 Å². The van der Waals surface area contributed by atoms with Crippen molar-refractivity contribution in [2.45, 2.75) is 19.8 Å². The van der Waals surface area contributed by atoms with Crippen molar-refractivity contribution < 1.29 is 13.2 Å². The molecule has 1 aromatic carbocycles. The van der Waals surface area contributed by atoms with E-state index in [1.165, 1.54) is 0 Å². The summed E-state index contributed by atoms with van der Waals surface area (Å²) in [4.78, 5) is 0. The van der Waals surface area contributed by atoms with Gasteiger partial charge < -0.3 is 4.74 Å². The first-order valence-electron chi connectivity index (χ1n) is 6.04. The van der Waals surface area contributed by atoms with Gasteiger partial charge in [0.05, 0.1) is 24.0 Å². The summed E-state index contributed by atoms with van der Waals surface area (Å²) in [6.07, 6.45) is 1.27. The van der Waals surface area contributed by atoms with Crippen LogP contribution in [0.2, 0.25) is 0 Å². The molecule has 19 heavy (non-hydrogen) atoms. The van der Waals surface area contributed by atoms with Gasteiger partial charge in [-0.1, -0.05) is 13.0 Å². The van der Waals surface area contributed by atoms with E-state index in [0.717, 1.165) is 6.42 Å². The molecule has 1 unspecified atom stereocenters. The van der Waals surface area contributed by atoms with E-state index in [1.807, 2.05) is 13.0 Å². The molecule has 1 atom stereocenters. The van der Waals surface area contributed by atoms with E-state index in [0.29, 0.717) is 24.3 Å².